The molecular formula is C26H24FN3O3. The van der Waals surface area contributed by atoms with Gasteiger partial charge in [-0.2, -0.15) is 5.10 Å². The Hall–Kier alpha value is -3.74. The summed E-state index contributed by atoms with van der Waals surface area (Å²) in [5, 5.41) is 14.8. The van der Waals surface area contributed by atoms with Crippen LogP contribution in [0.2, 0.25) is 0 Å². The van der Waals surface area contributed by atoms with E-state index >= 15 is 0 Å². The third kappa shape index (κ3) is 3.53. The van der Waals surface area contributed by atoms with Gasteiger partial charge in [-0.15, -0.1) is 0 Å². The molecule has 2 aliphatic rings. The van der Waals surface area contributed by atoms with Gasteiger partial charge >= 0.3 is 5.97 Å². The Balaban J connectivity index is 1.46. The summed E-state index contributed by atoms with van der Waals surface area (Å²) >= 11 is 0. The van der Waals surface area contributed by atoms with Gasteiger partial charge in [0.25, 0.3) is 5.91 Å². The summed E-state index contributed by atoms with van der Waals surface area (Å²) in [5.41, 5.74) is 2.76. The van der Waals surface area contributed by atoms with Crippen molar-refractivity contribution in [3.63, 3.8) is 0 Å². The SMILES string of the molecule is CN(C(=O)c1ccccc1)[C@H]1CCC2=Cc3c(cnn3-c3ccc(F)cc3)C[C@]2(C(=O)O)C1. The van der Waals surface area contributed by atoms with Gasteiger partial charge in [-0.1, -0.05) is 23.8 Å². The van der Waals surface area contributed by atoms with Crippen molar-refractivity contribution in [1.29, 1.82) is 0 Å². The summed E-state index contributed by atoms with van der Waals surface area (Å²) < 4.78 is 15.1. The predicted octanol–water partition coefficient (Wildman–Crippen LogP) is 4.35. The molecule has 1 saturated carbocycles. The topological polar surface area (TPSA) is 75.4 Å². The maximum atomic E-state index is 13.4. The number of carbonyl (C=O) groups is 2. The first kappa shape index (κ1) is 21.1. The number of fused-ring (bicyclic) bond motifs is 2. The number of aliphatic carboxylic acids is 1. The molecule has 33 heavy (non-hydrogen) atoms. The van der Waals surface area contributed by atoms with Crippen LogP contribution in [0.25, 0.3) is 11.8 Å². The summed E-state index contributed by atoms with van der Waals surface area (Å²) in [4.78, 5) is 27.3. The lowest BCUT2D eigenvalue weighted by Crippen LogP contribution is -2.49. The molecule has 1 aromatic heterocycles. The van der Waals surface area contributed by atoms with E-state index in [0.717, 1.165) is 22.5 Å². The van der Waals surface area contributed by atoms with Gasteiger partial charge in [0, 0.05) is 18.7 Å². The van der Waals surface area contributed by atoms with Gasteiger partial charge in [0.15, 0.2) is 0 Å². The van der Waals surface area contributed by atoms with Crippen LogP contribution in [0.15, 0.2) is 66.4 Å². The van der Waals surface area contributed by atoms with Crippen LogP contribution >= 0.6 is 0 Å². The Morgan fingerprint density at radius 1 is 1.15 bits per heavy atom. The molecule has 2 atom stereocenters. The van der Waals surface area contributed by atoms with Crippen molar-refractivity contribution in [2.75, 3.05) is 7.05 Å². The fourth-order valence-electron chi connectivity index (χ4n) is 5.13. The number of halogens is 1. The zero-order valence-corrected chi connectivity index (χ0v) is 18.2. The highest BCUT2D eigenvalue weighted by Crippen LogP contribution is 2.49. The molecule has 1 amide bonds. The second-order valence-electron chi connectivity index (χ2n) is 8.86. The molecule has 1 N–H and O–H groups in total. The van der Waals surface area contributed by atoms with Crippen molar-refractivity contribution in [3.8, 4) is 5.69 Å². The summed E-state index contributed by atoms with van der Waals surface area (Å²) in [6, 6.07) is 14.9. The van der Waals surface area contributed by atoms with E-state index in [0.29, 0.717) is 31.2 Å². The van der Waals surface area contributed by atoms with Gasteiger partial charge in [0.1, 0.15) is 5.82 Å². The Labute approximate surface area is 191 Å². The zero-order valence-electron chi connectivity index (χ0n) is 18.2. The fourth-order valence-corrected chi connectivity index (χ4v) is 5.13. The normalized spacial score (nSPS) is 21.5. The van der Waals surface area contributed by atoms with E-state index in [2.05, 4.69) is 5.10 Å². The number of benzene rings is 2. The lowest BCUT2D eigenvalue weighted by Gasteiger charge is -2.44. The van der Waals surface area contributed by atoms with Crippen LogP contribution in [0.5, 0.6) is 0 Å². The maximum Gasteiger partial charge on any atom is 0.314 e. The average molecular weight is 445 g/mol. The van der Waals surface area contributed by atoms with E-state index in [1.54, 1.807) is 47.1 Å². The van der Waals surface area contributed by atoms with Crippen LogP contribution < -0.4 is 0 Å². The van der Waals surface area contributed by atoms with E-state index in [1.807, 2.05) is 24.3 Å². The zero-order chi connectivity index (χ0) is 23.2. The van der Waals surface area contributed by atoms with Gasteiger partial charge in [-0.05, 0) is 73.7 Å². The minimum Gasteiger partial charge on any atom is -0.481 e. The number of carbonyl (C=O) groups excluding carboxylic acids is 1. The van der Waals surface area contributed by atoms with Gasteiger partial charge < -0.3 is 10.0 Å². The summed E-state index contributed by atoms with van der Waals surface area (Å²) in [7, 11) is 1.76. The molecule has 0 spiro atoms. The number of amides is 1. The average Bonchev–Trinajstić information content (AvgIpc) is 3.24. The maximum absolute atomic E-state index is 13.4. The quantitative estimate of drug-likeness (QED) is 0.648. The molecule has 0 radical (unpaired) electrons. The molecule has 0 unspecified atom stereocenters. The van der Waals surface area contributed by atoms with E-state index in [1.165, 1.54) is 12.1 Å². The number of nitrogens with zero attached hydrogens (tertiary/aromatic N) is 3. The van der Waals surface area contributed by atoms with Gasteiger partial charge in [-0.25, -0.2) is 9.07 Å². The third-order valence-electron chi connectivity index (χ3n) is 7.00. The number of carboxylic acid groups (broad SMARTS) is 1. The summed E-state index contributed by atoms with van der Waals surface area (Å²) in [6.45, 7) is 0. The van der Waals surface area contributed by atoms with Gasteiger partial charge in [0.05, 0.1) is 23.0 Å². The standard InChI is InChI=1S/C26H24FN3O3/c1-29(24(31)17-5-3-2-4-6-17)22-10-7-19-13-23-18(14-26(19,15-22)25(32)33)16-28-30(23)21-11-8-20(27)9-12-21/h2-6,8-9,11-13,16,22H,7,10,14-15H2,1H3,(H,32,33)/t22-,26-/m0/s1. The molecule has 7 heteroatoms. The van der Waals surface area contributed by atoms with E-state index in [-0.39, 0.29) is 17.8 Å². The fraction of sp³-hybridized carbons (Fsp3) is 0.269. The second-order valence-corrected chi connectivity index (χ2v) is 8.86. The molecule has 5 rings (SSSR count). The van der Waals surface area contributed by atoms with Crippen molar-refractivity contribution < 1.29 is 19.1 Å². The number of rotatable bonds is 4. The molecular weight excluding hydrogens is 421 g/mol. The molecule has 0 aliphatic heterocycles. The number of carboxylic acids is 1. The van der Waals surface area contributed by atoms with Crippen molar-refractivity contribution >= 4 is 18.0 Å². The Morgan fingerprint density at radius 3 is 2.58 bits per heavy atom. The molecule has 1 fully saturated rings. The number of hydrogen-bond acceptors (Lipinski definition) is 3. The highest BCUT2D eigenvalue weighted by atomic mass is 19.1. The van der Waals surface area contributed by atoms with Crippen molar-refractivity contribution in [2.45, 2.75) is 31.7 Å². The lowest BCUT2D eigenvalue weighted by molar-refractivity contribution is -0.148. The highest BCUT2D eigenvalue weighted by molar-refractivity contribution is 5.94. The van der Waals surface area contributed by atoms with Crippen molar-refractivity contribution in [3.05, 3.63) is 89.0 Å². The lowest BCUT2D eigenvalue weighted by atomic mass is 9.63. The smallest absolute Gasteiger partial charge is 0.314 e. The van der Waals surface area contributed by atoms with E-state index in [4.69, 9.17) is 0 Å². The first-order chi connectivity index (χ1) is 15.9. The Kier molecular flexibility index (Phi) is 5.12. The van der Waals surface area contributed by atoms with Crippen LogP contribution in [0, 0.1) is 11.2 Å². The Bertz CT molecular complexity index is 1250. The molecule has 168 valence electrons. The first-order valence-corrected chi connectivity index (χ1v) is 11.0. The summed E-state index contributed by atoms with van der Waals surface area (Å²) in [5.74, 6) is -1.30. The monoisotopic (exact) mass is 445 g/mol. The van der Waals surface area contributed by atoms with Crippen LogP contribution in [0.4, 0.5) is 4.39 Å². The van der Waals surface area contributed by atoms with Crippen LogP contribution in [0.1, 0.15) is 40.9 Å². The molecule has 0 saturated heterocycles. The number of aromatic nitrogens is 2. The molecule has 2 aromatic carbocycles. The van der Waals surface area contributed by atoms with Gasteiger partial charge in [0.2, 0.25) is 0 Å². The molecule has 2 aliphatic carbocycles. The van der Waals surface area contributed by atoms with Crippen LogP contribution in [0.3, 0.4) is 0 Å². The molecule has 6 nitrogen and oxygen atoms in total. The van der Waals surface area contributed by atoms with Crippen LogP contribution in [-0.4, -0.2) is 44.8 Å². The molecule has 1 heterocycles. The largest absolute Gasteiger partial charge is 0.481 e. The first-order valence-electron chi connectivity index (χ1n) is 11.0. The third-order valence-corrected chi connectivity index (χ3v) is 7.00. The minimum atomic E-state index is -1.07. The van der Waals surface area contributed by atoms with E-state index < -0.39 is 11.4 Å². The second kappa shape index (κ2) is 7.99. The summed E-state index contributed by atoms with van der Waals surface area (Å²) in [6.07, 6.45) is 5.56. The Morgan fingerprint density at radius 2 is 1.88 bits per heavy atom. The van der Waals surface area contributed by atoms with E-state index in [9.17, 15) is 19.1 Å². The van der Waals surface area contributed by atoms with Crippen LogP contribution in [-0.2, 0) is 11.2 Å². The van der Waals surface area contributed by atoms with Crippen molar-refractivity contribution in [1.82, 2.24) is 14.7 Å². The number of hydrogen-bond donors (Lipinski definition) is 1. The van der Waals surface area contributed by atoms with Crippen molar-refractivity contribution in [2.24, 2.45) is 5.41 Å². The molecule has 0 bridgehead atoms. The minimum absolute atomic E-state index is 0.103. The highest BCUT2D eigenvalue weighted by Gasteiger charge is 2.50. The van der Waals surface area contributed by atoms with Gasteiger partial charge in [-0.3, -0.25) is 9.59 Å². The molecule has 3 aromatic rings. The predicted molar refractivity (Wildman–Crippen MR) is 121 cm³/mol.